The van der Waals surface area contributed by atoms with Crippen molar-refractivity contribution in [2.75, 3.05) is 46.5 Å². The lowest BCUT2D eigenvalue weighted by molar-refractivity contribution is -0.134. The zero-order chi connectivity index (χ0) is 33.6. The van der Waals surface area contributed by atoms with Crippen LogP contribution in [0.2, 0.25) is 5.02 Å². The summed E-state index contributed by atoms with van der Waals surface area (Å²) in [6.45, 7) is 1.99. The highest BCUT2D eigenvalue weighted by atomic mass is 35.5. The molecule has 3 aliphatic rings. The van der Waals surface area contributed by atoms with E-state index in [0.717, 1.165) is 16.9 Å². The molecule has 244 valence electrons. The number of piperidine rings is 2. The molecule has 2 saturated heterocycles. The number of likely N-dealkylation sites (N-methyl/N-ethyl adjacent to an activating group) is 1. The molecule has 3 aromatic rings. The summed E-state index contributed by atoms with van der Waals surface area (Å²) < 4.78 is 0. The van der Waals surface area contributed by atoms with Crippen molar-refractivity contribution in [3.05, 3.63) is 58.7 Å². The van der Waals surface area contributed by atoms with Crippen LogP contribution in [-0.4, -0.2) is 72.5 Å². The first-order valence-corrected chi connectivity index (χ1v) is 15.8. The van der Waals surface area contributed by atoms with Gasteiger partial charge in [-0.05, 0) is 61.7 Å². The molecule has 1 aromatic heterocycles. The first-order valence-electron chi connectivity index (χ1n) is 15.4. The summed E-state index contributed by atoms with van der Waals surface area (Å²) in [4.78, 5) is 64.2. The van der Waals surface area contributed by atoms with Crippen molar-refractivity contribution in [2.24, 2.45) is 5.92 Å². The summed E-state index contributed by atoms with van der Waals surface area (Å²) in [7, 11) is 5.35. The van der Waals surface area contributed by atoms with E-state index < -0.39 is 11.8 Å². The number of anilines is 6. The fraction of sp³-hybridized carbons (Fsp3) is 0.364. The number of nitrogens with one attached hydrogen (secondary N) is 4. The van der Waals surface area contributed by atoms with Crippen molar-refractivity contribution in [1.29, 1.82) is 5.41 Å². The number of amides is 4. The summed E-state index contributed by atoms with van der Waals surface area (Å²) >= 11 is 6.47. The Labute approximate surface area is 277 Å². The molecule has 4 heterocycles. The molecular formula is C33H36ClN9O4. The first-order chi connectivity index (χ1) is 22.4. The van der Waals surface area contributed by atoms with Crippen molar-refractivity contribution >= 4 is 75.5 Å². The lowest BCUT2D eigenvalue weighted by Crippen LogP contribution is -2.51. The summed E-state index contributed by atoms with van der Waals surface area (Å²) in [6.07, 6.45) is 3.21. The van der Waals surface area contributed by atoms with Gasteiger partial charge in [-0.3, -0.25) is 24.5 Å². The van der Waals surface area contributed by atoms with Crippen LogP contribution in [0.15, 0.2) is 42.6 Å². The molecule has 1 unspecified atom stereocenters. The van der Waals surface area contributed by atoms with Crippen LogP contribution < -0.4 is 30.7 Å². The van der Waals surface area contributed by atoms with Gasteiger partial charge in [0.1, 0.15) is 5.02 Å². The molecule has 4 N–H and O–H groups in total. The molecule has 47 heavy (non-hydrogen) atoms. The Morgan fingerprint density at radius 1 is 1.13 bits per heavy atom. The third-order valence-electron chi connectivity index (χ3n) is 9.18. The molecule has 14 heteroatoms. The number of hydrogen-bond acceptors (Lipinski definition) is 10. The van der Waals surface area contributed by atoms with Gasteiger partial charge in [-0.15, -0.1) is 0 Å². The van der Waals surface area contributed by atoms with Gasteiger partial charge in [-0.25, -0.2) is 4.98 Å². The molecule has 2 aromatic carbocycles. The third kappa shape index (κ3) is 6.10. The van der Waals surface area contributed by atoms with E-state index in [-0.39, 0.29) is 54.8 Å². The topological polar surface area (TPSA) is 164 Å². The summed E-state index contributed by atoms with van der Waals surface area (Å²) in [5.74, 6) is -0.701. The second-order valence-corrected chi connectivity index (χ2v) is 12.6. The smallest absolute Gasteiger partial charge is 0.235 e. The summed E-state index contributed by atoms with van der Waals surface area (Å²) in [5.41, 5.74) is 4.53. The van der Waals surface area contributed by atoms with Crippen molar-refractivity contribution in [3.63, 3.8) is 0 Å². The Kier molecular flexibility index (Phi) is 8.58. The Hall–Kier alpha value is -5.04. The molecule has 3 atom stereocenters. The highest BCUT2D eigenvalue weighted by Gasteiger charge is 2.36. The number of imide groups is 1. The third-order valence-corrected chi connectivity index (χ3v) is 9.45. The number of carbonyl (C=O) groups is 4. The SMILES string of the molecule is CNc1cc(N2C(=O)C[C@@H](N(C)c3ncc(Cl)c(Nc4ccc5c(c4)CC(=O)N5C)n3)C[C@@H]2C)ccc1C(=N)C1CCC(=O)NC1=O. The number of halogens is 1. The maximum absolute atomic E-state index is 13.6. The molecule has 0 aliphatic carbocycles. The van der Waals surface area contributed by atoms with E-state index in [1.54, 1.807) is 36.0 Å². The molecule has 6 rings (SSSR count). The molecule has 4 amide bonds. The molecule has 2 fully saturated rings. The highest BCUT2D eigenvalue weighted by molar-refractivity contribution is 6.33. The maximum atomic E-state index is 13.6. The van der Waals surface area contributed by atoms with Gasteiger partial charge in [0.2, 0.25) is 29.6 Å². The fourth-order valence-corrected chi connectivity index (χ4v) is 6.70. The second-order valence-electron chi connectivity index (χ2n) is 12.2. The van der Waals surface area contributed by atoms with Crippen molar-refractivity contribution < 1.29 is 19.2 Å². The van der Waals surface area contributed by atoms with E-state index >= 15 is 0 Å². The number of aromatic nitrogens is 2. The second kappa shape index (κ2) is 12.6. The molecule has 13 nitrogen and oxygen atoms in total. The van der Waals surface area contributed by atoms with E-state index in [1.165, 1.54) is 6.20 Å². The molecular weight excluding hydrogens is 622 g/mol. The van der Waals surface area contributed by atoms with E-state index in [2.05, 4.69) is 25.9 Å². The monoisotopic (exact) mass is 657 g/mol. The number of fused-ring (bicyclic) bond motifs is 1. The maximum Gasteiger partial charge on any atom is 0.235 e. The highest BCUT2D eigenvalue weighted by Crippen LogP contribution is 2.35. The lowest BCUT2D eigenvalue weighted by atomic mass is 9.88. The lowest BCUT2D eigenvalue weighted by Gasteiger charge is -2.41. The number of rotatable bonds is 8. The van der Waals surface area contributed by atoms with Crippen LogP contribution in [0.3, 0.4) is 0 Å². The predicted octanol–water partition coefficient (Wildman–Crippen LogP) is 3.88. The zero-order valence-corrected chi connectivity index (χ0v) is 27.3. The summed E-state index contributed by atoms with van der Waals surface area (Å²) in [6, 6.07) is 10.7. The summed E-state index contributed by atoms with van der Waals surface area (Å²) in [5, 5.41) is 17.7. The van der Waals surface area contributed by atoms with Crippen molar-refractivity contribution in [2.45, 2.75) is 51.1 Å². The van der Waals surface area contributed by atoms with Gasteiger partial charge in [0.15, 0.2) is 5.82 Å². The van der Waals surface area contributed by atoms with Gasteiger partial charge < -0.3 is 30.7 Å². The Morgan fingerprint density at radius 2 is 1.91 bits per heavy atom. The van der Waals surface area contributed by atoms with E-state index in [4.69, 9.17) is 17.0 Å². The molecule has 0 radical (unpaired) electrons. The normalized spacial score (nSPS) is 21.0. The Morgan fingerprint density at radius 3 is 2.64 bits per heavy atom. The average molecular weight is 658 g/mol. The van der Waals surface area contributed by atoms with E-state index in [1.807, 2.05) is 43.1 Å². The minimum absolute atomic E-state index is 0.0423. The van der Waals surface area contributed by atoms with Crippen LogP contribution in [-0.2, 0) is 25.6 Å². The van der Waals surface area contributed by atoms with Gasteiger partial charge in [-0.2, -0.15) is 4.98 Å². The van der Waals surface area contributed by atoms with Crippen LogP contribution in [0.25, 0.3) is 0 Å². The molecule has 0 saturated carbocycles. The predicted molar refractivity (Wildman–Crippen MR) is 181 cm³/mol. The fourth-order valence-electron chi connectivity index (χ4n) is 6.57. The van der Waals surface area contributed by atoms with Crippen molar-refractivity contribution in [1.82, 2.24) is 15.3 Å². The van der Waals surface area contributed by atoms with Crippen LogP contribution in [0.4, 0.5) is 34.5 Å². The largest absolute Gasteiger partial charge is 0.388 e. The molecule has 3 aliphatic heterocycles. The minimum atomic E-state index is -0.718. The van der Waals surface area contributed by atoms with Crippen LogP contribution in [0, 0.1) is 11.3 Å². The van der Waals surface area contributed by atoms with Crippen molar-refractivity contribution in [3.8, 4) is 0 Å². The molecule has 0 bridgehead atoms. The standard InChI is InChI=1S/C33H36ClN9O4/c1-17-11-21(41(3)33-37-16-24(34)31(40-33)38-19-5-9-26-18(12-19)13-28(45)42(26)4)15-29(46)43(17)20-6-7-22(25(14-20)36-2)30(35)23-8-10-27(44)39-32(23)47/h5-7,9,12,14,16-17,21,23,35-36H,8,10-11,13,15H2,1-4H3,(H,37,38,40)(H,39,44,47)/t17-,21-,23?/m0/s1. The zero-order valence-electron chi connectivity index (χ0n) is 26.6. The van der Waals surface area contributed by atoms with Gasteiger partial charge in [0, 0.05) is 74.4 Å². The quantitative estimate of drug-likeness (QED) is 0.208. The minimum Gasteiger partial charge on any atom is -0.388 e. The van der Waals surface area contributed by atoms with Crippen LogP contribution >= 0.6 is 11.6 Å². The Balaban J connectivity index is 1.16. The number of nitrogens with zero attached hydrogens (tertiary/aromatic N) is 5. The van der Waals surface area contributed by atoms with Gasteiger partial charge >= 0.3 is 0 Å². The average Bonchev–Trinajstić information content (AvgIpc) is 3.32. The Bertz CT molecular complexity index is 1810. The van der Waals surface area contributed by atoms with Gasteiger partial charge in [0.05, 0.1) is 24.2 Å². The first kappa shape index (κ1) is 31.9. The van der Waals surface area contributed by atoms with Gasteiger partial charge in [0.25, 0.3) is 0 Å². The van der Waals surface area contributed by atoms with Crippen LogP contribution in [0.1, 0.15) is 43.7 Å². The van der Waals surface area contributed by atoms with E-state index in [0.29, 0.717) is 46.6 Å². The molecule has 0 spiro atoms. The van der Waals surface area contributed by atoms with Crippen LogP contribution in [0.5, 0.6) is 0 Å². The number of carbonyl (C=O) groups excluding carboxylic acids is 4. The number of benzene rings is 2. The van der Waals surface area contributed by atoms with E-state index in [9.17, 15) is 19.2 Å². The van der Waals surface area contributed by atoms with Gasteiger partial charge in [-0.1, -0.05) is 11.6 Å². The number of hydrogen-bond donors (Lipinski definition) is 4.